The molecular weight excluding hydrogens is 389 g/mol. The van der Waals surface area contributed by atoms with Crippen LogP contribution in [0.4, 0.5) is 13.2 Å². The minimum Gasteiger partial charge on any atom is -0.328 e. The van der Waals surface area contributed by atoms with E-state index in [9.17, 15) is 13.2 Å². The Kier molecular flexibility index (Phi) is 3.59. The number of hydrogen-bond acceptors (Lipinski definition) is 1. The second kappa shape index (κ2) is 5.15. The standard InChI is InChI=1S/C13H5BrClF3N2S/c14-7-1-5(16)2-8(15)12(7)20-10-4-6(17)3-9(18)11(10)19-13(20)21/h1-4H,(H,19,21). The first-order chi connectivity index (χ1) is 9.88. The van der Waals surface area contributed by atoms with Crippen LogP contribution in [0, 0.1) is 22.2 Å². The molecule has 0 fully saturated rings. The number of benzene rings is 2. The molecule has 3 rings (SSSR count). The van der Waals surface area contributed by atoms with E-state index in [4.69, 9.17) is 23.8 Å². The summed E-state index contributed by atoms with van der Waals surface area (Å²) in [6, 6.07) is 4.16. The van der Waals surface area contributed by atoms with Crippen molar-refractivity contribution in [2.75, 3.05) is 0 Å². The molecule has 0 saturated carbocycles. The summed E-state index contributed by atoms with van der Waals surface area (Å²) in [5.41, 5.74) is 0.528. The van der Waals surface area contributed by atoms with Crippen LogP contribution in [-0.2, 0) is 0 Å². The predicted octanol–water partition coefficient (Wildman–Crippen LogP) is 5.52. The highest BCUT2D eigenvalue weighted by Gasteiger charge is 2.17. The van der Waals surface area contributed by atoms with Crippen LogP contribution in [0.2, 0.25) is 5.02 Å². The van der Waals surface area contributed by atoms with Crippen molar-refractivity contribution in [3.8, 4) is 5.69 Å². The maximum Gasteiger partial charge on any atom is 0.182 e. The van der Waals surface area contributed by atoms with Crippen LogP contribution in [0.1, 0.15) is 0 Å². The summed E-state index contributed by atoms with van der Waals surface area (Å²) in [4.78, 5) is 2.65. The van der Waals surface area contributed by atoms with Crippen LogP contribution in [0.5, 0.6) is 0 Å². The lowest BCUT2D eigenvalue weighted by molar-refractivity contribution is 0.590. The van der Waals surface area contributed by atoms with Gasteiger partial charge < -0.3 is 4.98 Å². The number of fused-ring (bicyclic) bond motifs is 1. The van der Waals surface area contributed by atoms with E-state index in [1.807, 2.05) is 0 Å². The van der Waals surface area contributed by atoms with Gasteiger partial charge in [-0.1, -0.05) is 11.6 Å². The summed E-state index contributed by atoms with van der Waals surface area (Å²) in [6.07, 6.45) is 0. The topological polar surface area (TPSA) is 20.7 Å². The van der Waals surface area contributed by atoms with Crippen LogP contribution in [-0.4, -0.2) is 9.55 Å². The number of aromatic amines is 1. The van der Waals surface area contributed by atoms with E-state index in [-0.39, 0.29) is 20.8 Å². The van der Waals surface area contributed by atoms with Gasteiger partial charge in [0.2, 0.25) is 0 Å². The summed E-state index contributed by atoms with van der Waals surface area (Å²) in [6.45, 7) is 0. The van der Waals surface area contributed by atoms with Gasteiger partial charge in [-0.3, -0.25) is 4.57 Å². The Morgan fingerprint density at radius 2 is 1.76 bits per heavy atom. The van der Waals surface area contributed by atoms with Crippen LogP contribution >= 0.6 is 39.7 Å². The van der Waals surface area contributed by atoms with Gasteiger partial charge in [-0.25, -0.2) is 13.2 Å². The molecular formula is C13H5BrClF3N2S. The highest BCUT2D eigenvalue weighted by atomic mass is 79.9. The maximum absolute atomic E-state index is 13.8. The molecule has 2 aromatic carbocycles. The number of nitrogens with one attached hydrogen (secondary N) is 1. The van der Waals surface area contributed by atoms with Crippen LogP contribution in [0.3, 0.4) is 0 Å². The first-order valence-electron chi connectivity index (χ1n) is 5.63. The molecule has 0 bridgehead atoms. The normalized spacial score (nSPS) is 11.3. The molecule has 0 saturated heterocycles. The molecule has 0 unspecified atom stereocenters. The van der Waals surface area contributed by atoms with Crippen molar-refractivity contribution in [1.29, 1.82) is 0 Å². The minimum absolute atomic E-state index is 0.0497. The molecule has 1 aromatic heterocycles. The Bertz CT molecular complexity index is 912. The molecule has 1 heterocycles. The van der Waals surface area contributed by atoms with Gasteiger partial charge in [0.15, 0.2) is 10.6 Å². The Labute approximate surface area is 135 Å². The van der Waals surface area contributed by atoms with E-state index in [1.165, 1.54) is 10.6 Å². The summed E-state index contributed by atoms with van der Waals surface area (Å²) in [5, 5.41) is 0.0588. The third-order valence-electron chi connectivity index (χ3n) is 2.92. The molecule has 2 nitrogen and oxygen atoms in total. The van der Waals surface area contributed by atoms with Crippen molar-refractivity contribution in [1.82, 2.24) is 9.55 Å². The van der Waals surface area contributed by atoms with Crippen molar-refractivity contribution in [3.05, 3.63) is 56.0 Å². The molecule has 21 heavy (non-hydrogen) atoms. The van der Waals surface area contributed by atoms with Crippen LogP contribution < -0.4 is 0 Å². The number of hydrogen-bond donors (Lipinski definition) is 1. The second-order valence-corrected chi connectivity index (χ2v) is 5.91. The molecule has 8 heteroatoms. The zero-order valence-corrected chi connectivity index (χ0v) is 13.2. The molecule has 0 atom stereocenters. The smallest absolute Gasteiger partial charge is 0.182 e. The predicted molar refractivity (Wildman–Crippen MR) is 81.0 cm³/mol. The number of halogens is 5. The zero-order valence-electron chi connectivity index (χ0n) is 10.1. The van der Waals surface area contributed by atoms with Crippen molar-refractivity contribution < 1.29 is 13.2 Å². The van der Waals surface area contributed by atoms with E-state index in [1.54, 1.807) is 0 Å². The quantitative estimate of drug-likeness (QED) is 0.540. The SMILES string of the molecule is Fc1cc(Cl)c(-n2c(=S)[nH]c3c(F)cc(F)cc32)c(Br)c1. The van der Waals surface area contributed by atoms with Crippen molar-refractivity contribution in [2.24, 2.45) is 0 Å². The Hall–Kier alpha value is -1.31. The molecule has 0 spiro atoms. The largest absolute Gasteiger partial charge is 0.328 e. The summed E-state index contributed by atoms with van der Waals surface area (Å²) in [7, 11) is 0. The lowest BCUT2D eigenvalue weighted by atomic mass is 10.2. The van der Waals surface area contributed by atoms with Gasteiger partial charge in [0, 0.05) is 16.6 Å². The number of rotatable bonds is 1. The maximum atomic E-state index is 13.8. The molecule has 1 N–H and O–H groups in total. The van der Waals surface area contributed by atoms with Gasteiger partial charge in [0.1, 0.15) is 17.2 Å². The summed E-state index contributed by atoms with van der Waals surface area (Å²) in [5.74, 6) is -2.07. The summed E-state index contributed by atoms with van der Waals surface area (Å²) < 4.78 is 42.3. The Morgan fingerprint density at radius 1 is 1.10 bits per heavy atom. The first kappa shape index (κ1) is 14.6. The van der Waals surface area contributed by atoms with E-state index >= 15 is 0 Å². The van der Waals surface area contributed by atoms with E-state index < -0.39 is 17.5 Å². The molecule has 108 valence electrons. The van der Waals surface area contributed by atoms with Gasteiger partial charge in [0.25, 0.3) is 0 Å². The number of H-pyrrole nitrogens is 1. The van der Waals surface area contributed by atoms with Gasteiger partial charge in [-0.15, -0.1) is 0 Å². The van der Waals surface area contributed by atoms with E-state index in [0.29, 0.717) is 10.2 Å². The van der Waals surface area contributed by atoms with Crippen LogP contribution in [0.25, 0.3) is 16.7 Å². The van der Waals surface area contributed by atoms with Gasteiger partial charge in [-0.05, 0) is 40.3 Å². The van der Waals surface area contributed by atoms with E-state index in [0.717, 1.165) is 18.2 Å². The highest BCUT2D eigenvalue weighted by Crippen LogP contribution is 2.33. The monoisotopic (exact) mass is 392 g/mol. The van der Waals surface area contributed by atoms with Gasteiger partial charge in [-0.2, -0.15) is 0 Å². The van der Waals surface area contributed by atoms with E-state index in [2.05, 4.69) is 20.9 Å². The average molecular weight is 394 g/mol. The molecule has 0 aliphatic rings. The number of aromatic nitrogens is 2. The zero-order chi connectivity index (χ0) is 15.3. The molecule has 3 aromatic rings. The second-order valence-electron chi connectivity index (χ2n) is 4.27. The lowest BCUT2D eigenvalue weighted by Gasteiger charge is -2.10. The molecule has 0 amide bonds. The molecule has 0 aliphatic carbocycles. The minimum atomic E-state index is -0.774. The lowest BCUT2D eigenvalue weighted by Crippen LogP contribution is -1.98. The fourth-order valence-electron chi connectivity index (χ4n) is 2.10. The van der Waals surface area contributed by atoms with Crippen molar-refractivity contribution >= 4 is 50.8 Å². The average Bonchev–Trinajstić information content (AvgIpc) is 2.66. The van der Waals surface area contributed by atoms with Gasteiger partial charge >= 0.3 is 0 Å². The fraction of sp³-hybridized carbons (Fsp3) is 0. The summed E-state index contributed by atoms with van der Waals surface area (Å²) >= 11 is 14.4. The van der Waals surface area contributed by atoms with Gasteiger partial charge in [0.05, 0.1) is 16.2 Å². The Morgan fingerprint density at radius 3 is 2.43 bits per heavy atom. The fourth-order valence-corrected chi connectivity index (χ4v) is 3.41. The Balaban J connectivity index is 2.47. The first-order valence-corrected chi connectivity index (χ1v) is 7.21. The van der Waals surface area contributed by atoms with Crippen LogP contribution in [0.15, 0.2) is 28.7 Å². The molecule has 0 aliphatic heterocycles. The third kappa shape index (κ3) is 2.39. The molecule has 0 radical (unpaired) electrons. The van der Waals surface area contributed by atoms with Crippen molar-refractivity contribution in [2.45, 2.75) is 0 Å². The number of nitrogens with zero attached hydrogens (tertiary/aromatic N) is 1. The number of imidazole rings is 1. The highest BCUT2D eigenvalue weighted by molar-refractivity contribution is 9.10. The third-order valence-corrected chi connectivity index (χ3v) is 4.09. The van der Waals surface area contributed by atoms with Crippen molar-refractivity contribution in [3.63, 3.8) is 0 Å².